The minimum absolute atomic E-state index is 0.251. The van der Waals surface area contributed by atoms with Crippen molar-refractivity contribution in [2.45, 2.75) is 77.0 Å². The zero-order valence-corrected chi connectivity index (χ0v) is 20.2. The molecule has 180 valence electrons. The first-order valence-electron chi connectivity index (χ1n) is 12.8. The van der Waals surface area contributed by atoms with E-state index in [2.05, 4.69) is 25.6 Å². The Hall–Kier alpha value is -2.55. The molecule has 0 spiro atoms. The van der Waals surface area contributed by atoms with Crippen LogP contribution in [0.5, 0.6) is 0 Å². The van der Waals surface area contributed by atoms with Crippen molar-refractivity contribution in [1.82, 2.24) is 0 Å². The second kappa shape index (κ2) is 11.3. The molecular formula is C31H35F3. The van der Waals surface area contributed by atoms with Gasteiger partial charge in [-0.3, -0.25) is 0 Å². The van der Waals surface area contributed by atoms with E-state index in [0.29, 0.717) is 35.3 Å². The lowest BCUT2D eigenvalue weighted by Crippen LogP contribution is -2.13. The van der Waals surface area contributed by atoms with E-state index in [1.807, 2.05) is 12.1 Å². The van der Waals surface area contributed by atoms with Crippen LogP contribution < -0.4 is 0 Å². The molecule has 0 aliphatic heterocycles. The molecule has 0 atom stereocenters. The molecule has 3 aromatic rings. The quantitative estimate of drug-likeness (QED) is 0.218. The number of benzene rings is 3. The van der Waals surface area contributed by atoms with Gasteiger partial charge in [-0.1, -0.05) is 75.1 Å². The Kier molecular flexibility index (Phi) is 8.13. The fourth-order valence-electron chi connectivity index (χ4n) is 5.50. The molecule has 1 aliphatic carbocycles. The van der Waals surface area contributed by atoms with Crippen molar-refractivity contribution < 1.29 is 13.2 Å². The zero-order chi connectivity index (χ0) is 24.1. The van der Waals surface area contributed by atoms with Crippen LogP contribution in [0.3, 0.4) is 0 Å². The molecule has 0 unspecified atom stereocenters. The standard InChI is InChI=1S/C31H35F3/c1-3-5-7-8-21-10-12-22(13-11-21)23-14-16-24(17-15-23)27-19-18-25-20-26(9-6-4-2)29(32)31(34)28(25)30(27)33/h4,14-22H,2-3,5-13H2,1H3. The average Bonchev–Trinajstić information content (AvgIpc) is 2.86. The molecule has 0 bridgehead atoms. The first-order valence-corrected chi connectivity index (χ1v) is 12.8. The summed E-state index contributed by atoms with van der Waals surface area (Å²) in [7, 11) is 0. The zero-order valence-electron chi connectivity index (χ0n) is 20.2. The van der Waals surface area contributed by atoms with Crippen molar-refractivity contribution in [2.75, 3.05) is 0 Å². The van der Waals surface area contributed by atoms with Crippen LogP contribution in [0.15, 0.2) is 55.1 Å². The van der Waals surface area contributed by atoms with Crippen molar-refractivity contribution in [3.05, 3.63) is 83.7 Å². The van der Waals surface area contributed by atoms with Gasteiger partial charge in [0.1, 0.15) is 5.82 Å². The normalized spacial score (nSPS) is 18.4. The molecule has 0 saturated heterocycles. The number of fused-ring (bicyclic) bond motifs is 1. The van der Waals surface area contributed by atoms with Gasteiger partial charge in [0.25, 0.3) is 0 Å². The monoisotopic (exact) mass is 464 g/mol. The van der Waals surface area contributed by atoms with Gasteiger partial charge in [-0.15, -0.1) is 6.58 Å². The van der Waals surface area contributed by atoms with Crippen LogP contribution in [0.2, 0.25) is 0 Å². The highest BCUT2D eigenvalue weighted by molar-refractivity contribution is 5.89. The molecule has 0 N–H and O–H groups in total. The summed E-state index contributed by atoms with van der Waals surface area (Å²) < 4.78 is 44.8. The Morgan fingerprint density at radius 3 is 2.29 bits per heavy atom. The maximum absolute atomic E-state index is 15.4. The number of aryl methyl sites for hydroxylation is 1. The van der Waals surface area contributed by atoms with Crippen LogP contribution in [0.4, 0.5) is 13.2 Å². The molecule has 0 nitrogen and oxygen atoms in total. The highest BCUT2D eigenvalue weighted by atomic mass is 19.2. The minimum atomic E-state index is -1.11. The van der Waals surface area contributed by atoms with Crippen molar-refractivity contribution in [1.29, 1.82) is 0 Å². The molecule has 1 fully saturated rings. The van der Waals surface area contributed by atoms with Crippen molar-refractivity contribution in [2.24, 2.45) is 5.92 Å². The molecule has 0 amide bonds. The van der Waals surface area contributed by atoms with Crippen LogP contribution in [0.1, 0.15) is 81.8 Å². The third-order valence-electron chi connectivity index (χ3n) is 7.57. The van der Waals surface area contributed by atoms with E-state index >= 15 is 4.39 Å². The van der Waals surface area contributed by atoms with E-state index in [1.165, 1.54) is 56.9 Å². The largest absolute Gasteiger partial charge is 0.206 e. The van der Waals surface area contributed by atoms with E-state index in [4.69, 9.17) is 0 Å². The lowest BCUT2D eigenvalue weighted by atomic mass is 9.77. The minimum Gasteiger partial charge on any atom is -0.206 e. The van der Waals surface area contributed by atoms with Crippen LogP contribution in [-0.4, -0.2) is 0 Å². The van der Waals surface area contributed by atoms with E-state index in [-0.39, 0.29) is 10.9 Å². The van der Waals surface area contributed by atoms with Gasteiger partial charge < -0.3 is 0 Å². The lowest BCUT2D eigenvalue weighted by Gasteiger charge is -2.29. The third kappa shape index (κ3) is 5.24. The van der Waals surface area contributed by atoms with Crippen LogP contribution >= 0.6 is 0 Å². The molecule has 1 aliphatic rings. The topological polar surface area (TPSA) is 0 Å². The van der Waals surface area contributed by atoms with E-state index in [1.54, 1.807) is 24.3 Å². The number of hydrogen-bond acceptors (Lipinski definition) is 0. The van der Waals surface area contributed by atoms with Gasteiger partial charge in [0.2, 0.25) is 0 Å². The summed E-state index contributed by atoms with van der Waals surface area (Å²) in [6.45, 7) is 5.88. The molecule has 0 aromatic heterocycles. The number of allylic oxidation sites excluding steroid dienone is 1. The highest BCUT2D eigenvalue weighted by Crippen LogP contribution is 2.39. The van der Waals surface area contributed by atoms with Gasteiger partial charge in [-0.25, -0.2) is 13.2 Å². The van der Waals surface area contributed by atoms with Gasteiger partial charge in [0.15, 0.2) is 11.6 Å². The van der Waals surface area contributed by atoms with Crippen LogP contribution in [0, 0.1) is 23.4 Å². The number of hydrogen-bond donors (Lipinski definition) is 0. The molecule has 0 radical (unpaired) electrons. The van der Waals surface area contributed by atoms with Gasteiger partial charge in [-0.05, 0) is 78.5 Å². The highest BCUT2D eigenvalue weighted by Gasteiger charge is 2.23. The summed E-state index contributed by atoms with van der Waals surface area (Å²) in [5, 5.41) is 0.106. The number of rotatable bonds is 9. The SMILES string of the molecule is C=CCCc1cc2ccc(-c3ccc(C4CCC(CCCCC)CC4)cc3)c(F)c2c(F)c1F. The number of halogens is 3. The predicted octanol–water partition coefficient (Wildman–Crippen LogP) is 9.90. The van der Waals surface area contributed by atoms with Crippen LogP contribution in [-0.2, 0) is 6.42 Å². The van der Waals surface area contributed by atoms with Gasteiger partial charge in [0.05, 0.1) is 5.39 Å². The van der Waals surface area contributed by atoms with E-state index < -0.39 is 17.5 Å². The molecule has 34 heavy (non-hydrogen) atoms. The molecular weight excluding hydrogens is 429 g/mol. The molecule has 3 heteroatoms. The second-order valence-corrected chi connectivity index (χ2v) is 9.85. The van der Waals surface area contributed by atoms with Crippen molar-refractivity contribution >= 4 is 10.8 Å². The Bertz CT molecular complexity index is 1120. The van der Waals surface area contributed by atoms with Gasteiger partial charge >= 0.3 is 0 Å². The average molecular weight is 465 g/mol. The maximum Gasteiger partial charge on any atom is 0.169 e. The van der Waals surface area contributed by atoms with Gasteiger partial charge in [0, 0.05) is 5.56 Å². The Balaban J connectivity index is 1.52. The summed E-state index contributed by atoms with van der Waals surface area (Å²) in [6, 6.07) is 12.9. The van der Waals surface area contributed by atoms with E-state index in [9.17, 15) is 8.78 Å². The molecule has 3 aromatic carbocycles. The molecule has 1 saturated carbocycles. The summed E-state index contributed by atoms with van der Waals surface area (Å²) >= 11 is 0. The summed E-state index contributed by atoms with van der Waals surface area (Å²) in [6.07, 6.45) is 12.8. The van der Waals surface area contributed by atoms with E-state index in [0.717, 1.165) is 5.92 Å². The molecule has 4 rings (SSSR count). The smallest absolute Gasteiger partial charge is 0.169 e. The first-order chi connectivity index (χ1) is 16.5. The van der Waals surface area contributed by atoms with Crippen molar-refractivity contribution in [3.8, 4) is 11.1 Å². The summed E-state index contributed by atoms with van der Waals surface area (Å²) in [5.74, 6) is -1.36. The fourth-order valence-corrected chi connectivity index (χ4v) is 5.50. The molecule has 0 heterocycles. The number of unbranched alkanes of at least 4 members (excludes halogenated alkanes) is 2. The van der Waals surface area contributed by atoms with Gasteiger partial charge in [-0.2, -0.15) is 0 Å². The second-order valence-electron chi connectivity index (χ2n) is 9.85. The Morgan fingerprint density at radius 2 is 1.62 bits per heavy atom. The Labute approximate surface area is 201 Å². The van der Waals surface area contributed by atoms with Crippen LogP contribution in [0.25, 0.3) is 21.9 Å². The lowest BCUT2D eigenvalue weighted by molar-refractivity contribution is 0.303. The fraction of sp³-hybridized carbons (Fsp3) is 0.419. The predicted molar refractivity (Wildman–Crippen MR) is 137 cm³/mol. The maximum atomic E-state index is 15.4. The summed E-state index contributed by atoms with van der Waals surface area (Å²) in [4.78, 5) is 0. The first kappa shape index (κ1) is 24.6. The Morgan fingerprint density at radius 1 is 0.882 bits per heavy atom. The third-order valence-corrected chi connectivity index (χ3v) is 7.57. The van der Waals surface area contributed by atoms with Crippen molar-refractivity contribution in [3.63, 3.8) is 0 Å². The summed E-state index contributed by atoms with van der Waals surface area (Å²) in [5.41, 5.74) is 2.53.